The van der Waals surface area contributed by atoms with Gasteiger partial charge in [0.2, 0.25) is 0 Å². The Morgan fingerprint density at radius 2 is 1.65 bits per heavy atom. The predicted molar refractivity (Wildman–Crippen MR) is 129 cm³/mol. The first kappa shape index (κ1) is 21.6. The minimum absolute atomic E-state index is 0.604. The quantitative estimate of drug-likeness (QED) is 0.604. The van der Waals surface area contributed by atoms with Gasteiger partial charge in [-0.1, -0.05) is 45.0 Å². The Bertz CT molecular complexity index is 968. The molecule has 1 aromatic carbocycles. The third-order valence-electron chi connectivity index (χ3n) is 7.02. The summed E-state index contributed by atoms with van der Waals surface area (Å²) in [4.78, 5) is 10.0. The molecule has 3 fully saturated rings. The summed E-state index contributed by atoms with van der Waals surface area (Å²) < 4.78 is 0. The zero-order valence-corrected chi connectivity index (χ0v) is 19.5. The number of aromatic amines is 1. The number of hydrogen-bond donors (Lipinski definition) is 1. The van der Waals surface area contributed by atoms with Crippen molar-refractivity contribution in [2.24, 2.45) is 0 Å². The standard InChI is InChI=1S/C24H29N5.C2H6/c1-4-23-22(17-7-5-16(6-8-17)18-14-25-26-15-18)9-10-24(27-23)29(3)21-12-19-11-20(13-21)28(19)2;1-2/h5-10,14-15,19-21H,4,11-13H2,1-3H3,(H,25,26);1-2H3. The summed E-state index contributed by atoms with van der Waals surface area (Å²) in [6.07, 6.45) is 8.59. The molecule has 1 saturated carbocycles. The molecule has 2 saturated heterocycles. The molecule has 2 aromatic heterocycles. The molecule has 6 rings (SSSR count). The molecule has 1 aliphatic carbocycles. The normalized spacial score (nSPS) is 22.3. The number of anilines is 1. The highest BCUT2D eigenvalue weighted by molar-refractivity contribution is 5.72. The Labute approximate surface area is 186 Å². The second kappa shape index (κ2) is 9.23. The van der Waals surface area contributed by atoms with Crippen LogP contribution in [0.5, 0.6) is 0 Å². The monoisotopic (exact) mass is 417 g/mol. The van der Waals surface area contributed by atoms with Gasteiger partial charge >= 0.3 is 0 Å². The fourth-order valence-corrected chi connectivity index (χ4v) is 5.03. The third-order valence-corrected chi connectivity index (χ3v) is 7.02. The van der Waals surface area contributed by atoms with Crippen molar-refractivity contribution < 1.29 is 0 Å². The van der Waals surface area contributed by atoms with Crippen LogP contribution in [0.1, 0.15) is 45.7 Å². The van der Waals surface area contributed by atoms with Gasteiger partial charge in [0, 0.05) is 42.5 Å². The Balaban J connectivity index is 0.00000112. The molecule has 5 heteroatoms. The van der Waals surface area contributed by atoms with Gasteiger partial charge in [-0.2, -0.15) is 5.10 Å². The van der Waals surface area contributed by atoms with E-state index in [-0.39, 0.29) is 0 Å². The first-order chi connectivity index (χ1) is 15.1. The molecule has 1 N–H and O–H groups in total. The van der Waals surface area contributed by atoms with Gasteiger partial charge in [0.05, 0.1) is 11.9 Å². The van der Waals surface area contributed by atoms with Crippen LogP contribution in [0.3, 0.4) is 0 Å². The number of nitrogens with one attached hydrogen (secondary N) is 1. The van der Waals surface area contributed by atoms with E-state index >= 15 is 0 Å². The molecule has 3 aromatic rings. The SMILES string of the molecule is CC.CCc1nc(N(C)C2CC3CC(C2)N3C)ccc1-c1ccc(-c2cn[nH]c2)cc1. The van der Waals surface area contributed by atoms with Crippen molar-refractivity contribution in [3.8, 4) is 22.3 Å². The molecule has 2 bridgehead atoms. The van der Waals surface area contributed by atoms with Crippen molar-refractivity contribution in [1.29, 1.82) is 0 Å². The number of aromatic nitrogens is 3. The molecule has 3 aliphatic rings. The fourth-order valence-electron chi connectivity index (χ4n) is 5.03. The molecule has 0 spiro atoms. The number of hydrogen-bond acceptors (Lipinski definition) is 4. The zero-order valence-electron chi connectivity index (χ0n) is 19.5. The van der Waals surface area contributed by atoms with Crippen LogP contribution in [0.15, 0.2) is 48.8 Å². The van der Waals surface area contributed by atoms with Crippen molar-refractivity contribution in [3.63, 3.8) is 0 Å². The molecule has 5 nitrogen and oxygen atoms in total. The van der Waals surface area contributed by atoms with E-state index in [4.69, 9.17) is 4.98 Å². The maximum Gasteiger partial charge on any atom is 0.128 e. The number of fused-ring (bicyclic) bond motifs is 2. The minimum Gasteiger partial charge on any atom is -0.357 e. The van der Waals surface area contributed by atoms with Crippen molar-refractivity contribution >= 4 is 5.82 Å². The van der Waals surface area contributed by atoms with Gasteiger partial charge in [-0.3, -0.25) is 5.10 Å². The molecule has 0 amide bonds. The van der Waals surface area contributed by atoms with Crippen LogP contribution >= 0.6 is 0 Å². The average Bonchev–Trinajstić information content (AvgIpc) is 3.39. The van der Waals surface area contributed by atoms with Crippen LogP contribution in [0, 0.1) is 0 Å². The van der Waals surface area contributed by atoms with Gasteiger partial charge < -0.3 is 9.80 Å². The van der Waals surface area contributed by atoms with E-state index in [1.807, 2.05) is 26.2 Å². The lowest BCUT2D eigenvalue weighted by Gasteiger charge is -2.55. The minimum atomic E-state index is 0.604. The van der Waals surface area contributed by atoms with E-state index < -0.39 is 0 Å². The molecule has 4 heterocycles. The third kappa shape index (κ3) is 4.11. The van der Waals surface area contributed by atoms with Crippen molar-refractivity contribution in [3.05, 3.63) is 54.5 Å². The lowest BCUT2D eigenvalue weighted by atomic mass is 9.77. The highest BCUT2D eigenvalue weighted by Crippen LogP contribution is 2.39. The van der Waals surface area contributed by atoms with Gasteiger partial charge in [-0.25, -0.2) is 4.98 Å². The summed E-state index contributed by atoms with van der Waals surface area (Å²) in [5.74, 6) is 1.11. The topological polar surface area (TPSA) is 48.1 Å². The molecule has 2 unspecified atom stereocenters. The largest absolute Gasteiger partial charge is 0.357 e. The van der Waals surface area contributed by atoms with Gasteiger partial charge in [-0.05, 0) is 56.0 Å². The summed E-state index contributed by atoms with van der Waals surface area (Å²) in [5.41, 5.74) is 5.90. The molecule has 164 valence electrons. The number of H-pyrrole nitrogens is 1. The summed E-state index contributed by atoms with van der Waals surface area (Å²) in [6.45, 7) is 6.19. The van der Waals surface area contributed by atoms with Gasteiger partial charge in [0.1, 0.15) is 5.82 Å². The molecule has 31 heavy (non-hydrogen) atoms. The lowest BCUT2D eigenvalue weighted by molar-refractivity contribution is -0.0122. The van der Waals surface area contributed by atoms with Gasteiger partial charge in [0.25, 0.3) is 0 Å². The predicted octanol–water partition coefficient (Wildman–Crippen LogP) is 5.40. The second-order valence-corrected chi connectivity index (χ2v) is 8.53. The van der Waals surface area contributed by atoms with E-state index in [1.165, 1.54) is 41.6 Å². The molecule has 0 radical (unpaired) electrons. The Morgan fingerprint density at radius 1 is 0.968 bits per heavy atom. The van der Waals surface area contributed by atoms with Crippen molar-refractivity contribution in [2.75, 3.05) is 19.0 Å². The van der Waals surface area contributed by atoms with Gasteiger partial charge in [0.15, 0.2) is 0 Å². The van der Waals surface area contributed by atoms with Crippen LogP contribution in [-0.2, 0) is 6.42 Å². The first-order valence-electron chi connectivity index (χ1n) is 11.7. The van der Waals surface area contributed by atoms with Crippen LogP contribution < -0.4 is 4.90 Å². The summed E-state index contributed by atoms with van der Waals surface area (Å²) >= 11 is 0. The van der Waals surface area contributed by atoms with E-state index in [2.05, 4.69) is 77.4 Å². The molecular weight excluding hydrogens is 382 g/mol. The number of piperidine rings is 1. The van der Waals surface area contributed by atoms with E-state index in [0.29, 0.717) is 6.04 Å². The van der Waals surface area contributed by atoms with E-state index in [1.54, 1.807) is 0 Å². The van der Waals surface area contributed by atoms with Crippen LogP contribution in [-0.4, -0.2) is 52.3 Å². The smallest absolute Gasteiger partial charge is 0.128 e. The van der Waals surface area contributed by atoms with Crippen LogP contribution in [0.2, 0.25) is 0 Å². The highest BCUT2D eigenvalue weighted by atomic mass is 15.3. The van der Waals surface area contributed by atoms with Crippen molar-refractivity contribution in [1.82, 2.24) is 20.1 Å². The molecule has 2 atom stereocenters. The van der Waals surface area contributed by atoms with E-state index in [9.17, 15) is 0 Å². The zero-order chi connectivity index (χ0) is 22.0. The van der Waals surface area contributed by atoms with Crippen LogP contribution in [0.4, 0.5) is 5.82 Å². The average molecular weight is 418 g/mol. The summed E-state index contributed by atoms with van der Waals surface area (Å²) in [7, 11) is 4.49. The second-order valence-electron chi connectivity index (χ2n) is 8.53. The fraction of sp³-hybridized carbons (Fsp3) is 0.462. The maximum absolute atomic E-state index is 5.07. The molecular formula is C26H35N5. The Hall–Kier alpha value is -2.66. The highest BCUT2D eigenvalue weighted by Gasteiger charge is 2.44. The number of nitrogens with zero attached hydrogens (tertiary/aromatic N) is 4. The Morgan fingerprint density at radius 3 is 2.23 bits per heavy atom. The number of rotatable bonds is 5. The van der Waals surface area contributed by atoms with E-state index in [0.717, 1.165) is 29.9 Å². The number of pyridine rings is 1. The first-order valence-corrected chi connectivity index (χ1v) is 11.7. The Kier molecular flexibility index (Phi) is 6.42. The summed E-state index contributed by atoms with van der Waals surface area (Å²) in [5, 5.41) is 6.92. The maximum atomic E-state index is 5.07. The summed E-state index contributed by atoms with van der Waals surface area (Å²) in [6, 6.07) is 15.3. The lowest BCUT2D eigenvalue weighted by Crippen LogP contribution is -2.62. The van der Waals surface area contributed by atoms with Gasteiger partial charge in [-0.15, -0.1) is 0 Å². The molecule has 2 aliphatic heterocycles. The van der Waals surface area contributed by atoms with Crippen LogP contribution in [0.25, 0.3) is 22.3 Å². The number of benzene rings is 1. The number of aryl methyl sites for hydroxylation is 1. The van der Waals surface area contributed by atoms with Crippen molar-refractivity contribution in [2.45, 2.75) is 64.6 Å².